The monoisotopic (exact) mass is 379 g/mol. The molecule has 1 saturated carbocycles. The molecule has 0 spiro atoms. The van der Waals surface area contributed by atoms with Gasteiger partial charge in [0.05, 0.1) is 12.1 Å². The van der Waals surface area contributed by atoms with E-state index in [1.54, 1.807) is 0 Å². The Kier molecular flexibility index (Phi) is 12.7. The summed E-state index contributed by atoms with van der Waals surface area (Å²) in [5.41, 5.74) is -0.502. The van der Waals surface area contributed by atoms with Crippen LogP contribution in [0.5, 0.6) is 0 Å². The van der Waals surface area contributed by atoms with Crippen LogP contribution in [0.1, 0.15) is 111 Å². The summed E-state index contributed by atoms with van der Waals surface area (Å²) in [4.78, 5) is 11.9. The molecule has 0 heterocycles. The smallest absolute Gasteiger partial charge is 0.220 e. The Balaban J connectivity index is 2.08. The Labute approximate surface area is 168 Å². The molecular formula is C24H45NO2. The van der Waals surface area contributed by atoms with E-state index in [1.165, 1.54) is 70.6 Å². The second-order valence-electron chi connectivity index (χ2n) is 9.18. The van der Waals surface area contributed by atoms with Crippen molar-refractivity contribution >= 4 is 5.91 Å². The zero-order valence-electron chi connectivity index (χ0n) is 18.3. The number of carbonyl (C=O) groups excluding carboxylic acids is 1. The van der Waals surface area contributed by atoms with Gasteiger partial charge in [-0.1, -0.05) is 64.0 Å². The van der Waals surface area contributed by atoms with Crippen molar-refractivity contribution in [2.75, 3.05) is 6.61 Å². The molecule has 0 aromatic carbocycles. The molecule has 1 fully saturated rings. The summed E-state index contributed by atoms with van der Waals surface area (Å²) in [6.07, 6.45) is 22.4. The standard InChI is InChI=1S/C24H45NO2/c1-4-5-6-7-8-11-15-21-17-14-18-22(21)16-12-9-10-13-19-23(27)25-24(2,3)20-26/h11,15,21-22,26H,4-10,12-14,16-20H2,1-3H3,(H,25,27)/b15-11+. The molecule has 0 saturated heterocycles. The number of nitrogens with one attached hydrogen (secondary N) is 1. The van der Waals surface area contributed by atoms with Gasteiger partial charge in [-0.3, -0.25) is 4.79 Å². The largest absolute Gasteiger partial charge is 0.394 e. The van der Waals surface area contributed by atoms with E-state index in [2.05, 4.69) is 24.4 Å². The highest BCUT2D eigenvalue weighted by molar-refractivity contribution is 5.76. The van der Waals surface area contributed by atoms with E-state index in [1.807, 2.05) is 13.8 Å². The van der Waals surface area contributed by atoms with Crippen LogP contribution in [0.15, 0.2) is 12.2 Å². The summed E-state index contributed by atoms with van der Waals surface area (Å²) in [5, 5.41) is 12.1. The summed E-state index contributed by atoms with van der Waals surface area (Å²) >= 11 is 0. The highest BCUT2D eigenvalue weighted by Crippen LogP contribution is 2.36. The Morgan fingerprint density at radius 2 is 1.81 bits per heavy atom. The minimum atomic E-state index is -0.502. The molecule has 2 atom stereocenters. The molecule has 27 heavy (non-hydrogen) atoms. The summed E-state index contributed by atoms with van der Waals surface area (Å²) in [5.74, 6) is 1.78. The maximum atomic E-state index is 11.9. The van der Waals surface area contributed by atoms with Gasteiger partial charge in [0.25, 0.3) is 0 Å². The lowest BCUT2D eigenvalue weighted by atomic mass is 9.90. The number of amides is 1. The van der Waals surface area contributed by atoms with Crippen molar-refractivity contribution in [1.29, 1.82) is 0 Å². The fourth-order valence-electron chi connectivity index (χ4n) is 4.16. The lowest BCUT2D eigenvalue weighted by Gasteiger charge is -2.23. The molecular weight excluding hydrogens is 334 g/mol. The average molecular weight is 380 g/mol. The zero-order chi connectivity index (χ0) is 20.0. The highest BCUT2D eigenvalue weighted by Gasteiger charge is 2.24. The Morgan fingerprint density at radius 1 is 1.07 bits per heavy atom. The van der Waals surface area contributed by atoms with Crippen LogP contribution in [-0.2, 0) is 4.79 Å². The molecule has 2 unspecified atom stereocenters. The lowest BCUT2D eigenvalue weighted by molar-refractivity contribution is -0.123. The second-order valence-corrected chi connectivity index (χ2v) is 9.18. The molecule has 1 aliphatic carbocycles. The normalized spacial score (nSPS) is 20.4. The molecule has 3 nitrogen and oxygen atoms in total. The van der Waals surface area contributed by atoms with Crippen LogP contribution in [0, 0.1) is 11.8 Å². The SMILES string of the molecule is CCCCCC/C=C/C1CCCC1CCCCCCC(=O)NC(C)(C)CO. The van der Waals surface area contributed by atoms with Crippen molar-refractivity contribution in [2.45, 2.75) is 116 Å². The fourth-order valence-corrected chi connectivity index (χ4v) is 4.16. The van der Waals surface area contributed by atoms with Gasteiger partial charge in [-0.25, -0.2) is 0 Å². The first-order valence-corrected chi connectivity index (χ1v) is 11.6. The van der Waals surface area contributed by atoms with Gasteiger partial charge < -0.3 is 10.4 Å². The number of aliphatic hydroxyl groups excluding tert-OH is 1. The van der Waals surface area contributed by atoms with E-state index in [0.29, 0.717) is 6.42 Å². The Hall–Kier alpha value is -0.830. The van der Waals surface area contributed by atoms with Crippen molar-refractivity contribution < 1.29 is 9.90 Å². The van der Waals surface area contributed by atoms with Crippen molar-refractivity contribution in [3.05, 3.63) is 12.2 Å². The van der Waals surface area contributed by atoms with E-state index >= 15 is 0 Å². The van der Waals surface area contributed by atoms with Gasteiger partial charge in [-0.15, -0.1) is 0 Å². The van der Waals surface area contributed by atoms with Crippen molar-refractivity contribution in [2.24, 2.45) is 11.8 Å². The van der Waals surface area contributed by atoms with Crippen LogP contribution in [-0.4, -0.2) is 23.2 Å². The molecule has 3 heteroatoms. The molecule has 1 rings (SSSR count). The van der Waals surface area contributed by atoms with Gasteiger partial charge in [-0.2, -0.15) is 0 Å². The van der Waals surface area contributed by atoms with E-state index in [-0.39, 0.29) is 12.5 Å². The lowest BCUT2D eigenvalue weighted by Crippen LogP contribution is -2.46. The zero-order valence-corrected chi connectivity index (χ0v) is 18.3. The summed E-state index contributed by atoms with van der Waals surface area (Å²) in [7, 11) is 0. The minimum Gasteiger partial charge on any atom is -0.394 e. The topological polar surface area (TPSA) is 49.3 Å². The molecule has 0 bridgehead atoms. The van der Waals surface area contributed by atoms with E-state index < -0.39 is 5.54 Å². The molecule has 0 aromatic rings. The highest BCUT2D eigenvalue weighted by atomic mass is 16.3. The van der Waals surface area contributed by atoms with Crippen LogP contribution >= 0.6 is 0 Å². The molecule has 0 aromatic heterocycles. The number of unbranched alkanes of at least 4 members (excludes halogenated alkanes) is 7. The second kappa shape index (κ2) is 14.2. The van der Waals surface area contributed by atoms with Crippen LogP contribution in [0.2, 0.25) is 0 Å². The van der Waals surface area contributed by atoms with Gasteiger partial charge in [-0.05, 0) is 64.2 Å². The van der Waals surface area contributed by atoms with E-state index in [9.17, 15) is 9.90 Å². The predicted octanol–water partition coefficient (Wildman–Crippen LogP) is 6.16. The van der Waals surface area contributed by atoms with Crippen LogP contribution in [0.3, 0.4) is 0 Å². The molecule has 1 aliphatic rings. The van der Waals surface area contributed by atoms with Gasteiger partial charge in [0, 0.05) is 6.42 Å². The van der Waals surface area contributed by atoms with Gasteiger partial charge >= 0.3 is 0 Å². The first-order chi connectivity index (χ1) is 13.0. The molecule has 1 amide bonds. The molecule has 158 valence electrons. The van der Waals surface area contributed by atoms with Crippen molar-refractivity contribution in [3.63, 3.8) is 0 Å². The molecule has 0 aliphatic heterocycles. The third-order valence-corrected chi connectivity index (χ3v) is 5.93. The van der Waals surface area contributed by atoms with Crippen LogP contribution in [0.4, 0.5) is 0 Å². The molecule has 2 N–H and O–H groups in total. The first kappa shape index (κ1) is 24.2. The summed E-state index contributed by atoms with van der Waals surface area (Å²) in [6.45, 7) is 5.95. The number of hydrogen-bond acceptors (Lipinski definition) is 2. The van der Waals surface area contributed by atoms with E-state index in [4.69, 9.17) is 0 Å². The third kappa shape index (κ3) is 11.6. The van der Waals surface area contributed by atoms with Gasteiger partial charge in [0.2, 0.25) is 5.91 Å². The third-order valence-electron chi connectivity index (χ3n) is 5.93. The average Bonchev–Trinajstić information content (AvgIpc) is 3.08. The number of aliphatic hydroxyl groups is 1. The quantitative estimate of drug-likeness (QED) is 0.264. The van der Waals surface area contributed by atoms with Crippen LogP contribution in [0.25, 0.3) is 0 Å². The fraction of sp³-hybridized carbons (Fsp3) is 0.875. The Bertz CT molecular complexity index is 417. The van der Waals surface area contributed by atoms with E-state index in [0.717, 1.165) is 24.7 Å². The predicted molar refractivity (Wildman–Crippen MR) is 116 cm³/mol. The summed E-state index contributed by atoms with van der Waals surface area (Å²) in [6, 6.07) is 0. The maximum absolute atomic E-state index is 11.9. The van der Waals surface area contributed by atoms with Crippen molar-refractivity contribution in [1.82, 2.24) is 5.32 Å². The van der Waals surface area contributed by atoms with Gasteiger partial charge in [0.1, 0.15) is 0 Å². The number of rotatable bonds is 15. The number of allylic oxidation sites excluding steroid dienone is 2. The number of hydrogen-bond donors (Lipinski definition) is 2. The minimum absolute atomic E-state index is 0.0194. The first-order valence-electron chi connectivity index (χ1n) is 11.6. The number of carbonyl (C=O) groups is 1. The van der Waals surface area contributed by atoms with Gasteiger partial charge in [0.15, 0.2) is 0 Å². The van der Waals surface area contributed by atoms with Crippen molar-refractivity contribution in [3.8, 4) is 0 Å². The molecule has 0 radical (unpaired) electrons. The van der Waals surface area contributed by atoms with Crippen LogP contribution < -0.4 is 5.32 Å². The maximum Gasteiger partial charge on any atom is 0.220 e. The Morgan fingerprint density at radius 3 is 2.56 bits per heavy atom. The summed E-state index contributed by atoms with van der Waals surface area (Å²) < 4.78 is 0.